The molecule has 1 aromatic heterocycles. The average Bonchev–Trinajstić information content (AvgIpc) is 2.74. The van der Waals surface area contributed by atoms with Gasteiger partial charge in [0.2, 0.25) is 0 Å². The van der Waals surface area contributed by atoms with Crippen molar-refractivity contribution in [2.45, 2.75) is 52.0 Å². The van der Waals surface area contributed by atoms with E-state index in [1.54, 1.807) is 11.3 Å². The summed E-state index contributed by atoms with van der Waals surface area (Å²) >= 11 is 7.59. The second-order valence-electron chi connectivity index (χ2n) is 5.96. The number of hydrogen-bond acceptors (Lipinski definition) is 3. The lowest BCUT2D eigenvalue weighted by molar-refractivity contribution is 0.212. The lowest BCUT2D eigenvalue weighted by atomic mass is 9.89. The summed E-state index contributed by atoms with van der Waals surface area (Å²) in [5.74, 6) is 2.24. The van der Waals surface area contributed by atoms with Gasteiger partial charge in [-0.15, -0.1) is 22.9 Å². The van der Waals surface area contributed by atoms with Crippen LogP contribution in [0.1, 0.15) is 56.8 Å². The van der Waals surface area contributed by atoms with E-state index < -0.39 is 0 Å². The van der Waals surface area contributed by atoms with Crippen molar-refractivity contribution in [3.63, 3.8) is 0 Å². The van der Waals surface area contributed by atoms with Gasteiger partial charge in [-0.2, -0.15) is 0 Å². The molecule has 0 N–H and O–H groups in total. The van der Waals surface area contributed by atoms with Crippen molar-refractivity contribution < 1.29 is 0 Å². The highest BCUT2D eigenvalue weighted by Crippen LogP contribution is 2.30. The summed E-state index contributed by atoms with van der Waals surface area (Å²) in [5, 5.41) is 3.31. The van der Waals surface area contributed by atoms with Crippen LogP contribution in [0.4, 0.5) is 0 Å². The zero-order valence-corrected chi connectivity index (χ0v) is 13.8. The number of thiazole rings is 1. The highest BCUT2D eigenvalue weighted by atomic mass is 35.5. The molecule has 2 atom stereocenters. The first-order valence-electron chi connectivity index (χ1n) is 7.36. The molecule has 0 aliphatic carbocycles. The molecule has 0 amide bonds. The quantitative estimate of drug-likeness (QED) is 0.749. The Morgan fingerprint density at radius 1 is 1.37 bits per heavy atom. The number of rotatable bonds is 4. The van der Waals surface area contributed by atoms with Crippen molar-refractivity contribution in [3.05, 3.63) is 16.1 Å². The number of likely N-dealkylation sites (tertiary alicyclic amines) is 1. The van der Waals surface area contributed by atoms with Gasteiger partial charge in [-0.25, -0.2) is 4.98 Å². The Morgan fingerprint density at radius 3 is 2.79 bits per heavy atom. The van der Waals surface area contributed by atoms with E-state index in [1.807, 2.05) is 0 Å². The molecule has 0 saturated carbocycles. The Kier molecular flexibility index (Phi) is 5.67. The fourth-order valence-corrected chi connectivity index (χ4v) is 4.07. The molecule has 2 heterocycles. The van der Waals surface area contributed by atoms with Crippen molar-refractivity contribution in [1.29, 1.82) is 0 Å². The molecular formula is C15H25ClN2S. The van der Waals surface area contributed by atoms with Gasteiger partial charge in [0.1, 0.15) is 5.01 Å². The van der Waals surface area contributed by atoms with Gasteiger partial charge in [-0.1, -0.05) is 13.8 Å². The monoisotopic (exact) mass is 300 g/mol. The van der Waals surface area contributed by atoms with Gasteiger partial charge in [0.25, 0.3) is 0 Å². The Balaban J connectivity index is 1.97. The summed E-state index contributed by atoms with van der Waals surface area (Å²) in [6.07, 6.45) is 4.03. The molecule has 1 aliphatic heterocycles. The molecule has 2 nitrogen and oxygen atoms in total. The predicted molar refractivity (Wildman–Crippen MR) is 83.8 cm³/mol. The predicted octanol–water partition coefficient (Wildman–Crippen LogP) is 4.70. The molecule has 0 aromatic carbocycles. The first kappa shape index (κ1) is 15.3. The van der Waals surface area contributed by atoms with Crippen LogP contribution in [0.2, 0.25) is 0 Å². The lowest BCUT2D eigenvalue weighted by Gasteiger charge is -2.26. The summed E-state index contributed by atoms with van der Waals surface area (Å²) in [4.78, 5) is 7.23. The van der Waals surface area contributed by atoms with Crippen LogP contribution < -0.4 is 0 Å². The fourth-order valence-electron chi connectivity index (χ4n) is 2.93. The maximum Gasteiger partial charge on any atom is 0.110 e. The third-order valence-electron chi connectivity index (χ3n) is 4.36. The number of aromatic nitrogens is 1. The minimum Gasteiger partial charge on any atom is -0.294 e. The topological polar surface area (TPSA) is 16.1 Å². The Bertz CT molecular complexity index is 391. The number of nitrogens with zero attached hydrogens (tertiary/aromatic N) is 2. The van der Waals surface area contributed by atoms with Gasteiger partial charge in [-0.05, 0) is 51.1 Å². The van der Waals surface area contributed by atoms with Crippen molar-refractivity contribution in [1.82, 2.24) is 9.88 Å². The number of halogens is 1. The van der Waals surface area contributed by atoms with Crippen molar-refractivity contribution >= 4 is 22.9 Å². The van der Waals surface area contributed by atoms with Gasteiger partial charge in [0.05, 0.1) is 17.6 Å². The second kappa shape index (κ2) is 7.05. The zero-order chi connectivity index (χ0) is 13.8. The summed E-state index contributed by atoms with van der Waals surface area (Å²) in [7, 11) is 0. The molecule has 0 spiro atoms. The van der Waals surface area contributed by atoms with Crippen LogP contribution in [-0.2, 0) is 5.88 Å². The van der Waals surface area contributed by atoms with E-state index in [0.29, 0.717) is 11.9 Å². The second-order valence-corrected chi connectivity index (χ2v) is 7.11. The molecule has 1 aromatic rings. The van der Waals surface area contributed by atoms with Gasteiger partial charge < -0.3 is 0 Å². The van der Waals surface area contributed by atoms with E-state index >= 15 is 0 Å². The average molecular weight is 301 g/mol. The Hall–Kier alpha value is -0.120. The van der Waals surface area contributed by atoms with Gasteiger partial charge in [-0.3, -0.25) is 4.90 Å². The molecule has 19 heavy (non-hydrogen) atoms. The van der Waals surface area contributed by atoms with E-state index in [4.69, 9.17) is 11.6 Å². The maximum atomic E-state index is 5.84. The lowest BCUT2D eigenvalue weighted by Crippen LogP contribution is -2.28. The summed E-state index contributed by atoms with van der Waals surface area (Å²) in [6.45, 7) is 9.42. The van der Waals surface area contributed by atoms with E-state index in [2.05, 4.69) is 36.0 Å². The normalized spacial score (nSPS) is 23.5. The molecule has 2 unspecified atom stereocenters. The molecule has 1 fully saturated rings. The smallest absolute Gasteiger partial charge is 0.110 e. The third-order valence-corrected chi connectivity index (χ3v) is 5.70. The van der Waals surface area contributed by atoms with Crippen LogP contribution in [0.5, 0.6) is 0 Å². The zero-order valence-electron chi connectivity index (χ0n) is 12.2. The van der Waals surface area contributed by atoms with E-state index in [0.717, 1.165) is 17.5 Å². The minimum atomic E-state index is 0.438. The van der Waals surface area contributed by atoms with E-state index in [1.165, 1.54) is 37.4 Å². The molecule has 4 heteroatoms. The van der Waals surface area contributed by atoms with Gasteiger partial charge >= 0.3 is 0 Å². The van der Waals surface area contributed by atoms with Crippen molar-refractivity contribution in [2.75, 3.05) is 13.1 Å². The van der Waals surface area contributed by atoms with Crippen LogP contribution in [0.25, 0.3) is 0 Å². The van der Waals surface area contributed by atoms with Crippen LogP contribution >= 0.6 is 22.9 Å². The fraction of sp³-hybridized carbons (Fsp3) is 0.800. The van der Waals surface area contributed by atoms with Crippen molar-refractivity contribution in [3.8, 4) is 0 Å². The Labute approximate surface area is 126 Å². The number of alkyl halides is 1. The number of hydrogen-bond donors (Lipinski definition) is 0. The minimum absolute atomic E-state index is 0.438. The van der Waals surface area contributed by atoms with Crippen molar-refractivity contribution in [2.24, 2.45) is 11.8 Å². The first-order valence-corrected chi connectivity index (χ1v) is 8.77. The molecular weight excluding hydrogens is 276 g/mol. The van der Waals surface area contributed by atoms with Crippen LogP contribution in [0.15, 0.2) is 5.38 Å². The molecule has 2 rings (SSSR count). The molecule has 0 radical (unpaired) electrons. The molecule has 0 bridgehead atoms. The molecule has 108 valence electrons. The molecule has 1 aliphatic rings. The highest BCUT2D eigenvalue weighted by Gasteiger charge is 2.24. The molecule has 1 saturated heterocycles. The van der Waals surface area contributed by atoms with Gasteiger partial charge in [0.15, 0.2) is 0 Å². The summed E-state index contributed by atoms with van der Waals surface area (Å²) in [5.41, 5.74) is 1.02. The summed E-state index contributed by atoms with van der Waals surface area (Å²) < 4.78 is 0. The standard InChI is InChI=1S/C15H25ClN2S/c1-11(2)13-5-4-7-18(8-6-13)12(3)15-17-14(9-16)10-19-15/h10-13H,4-9H2,1-3H3. The van der Waals surface area contributed by atoms with E-state index in [9.17, 15) is 0 Å². The van der Waals surface area contributed by atoms with Crippen LogP contribution in [0.3, 0.4) is 0 Å². The van der Waals surface area contributed by atoms with E-state index in [-0.39, 0.29) is 0 Å². The first-order chi connectivity index (χ1) is 9.11. The maximum absolute atomic E-state index is 5.84. The highest BCUT2D eigenvalue weighted by molar-refractivity contribution is 7.09. The van der Waals surface area contributed by atoms with Crippen LogP contribution in [0, 0.1) is 11.8 Å². The van der Waals surface area contributed by atoms with Crippen LogP contribution in [-0.4, -0.2) is 23.0 Å². The SMILES string of the molecule is CC(C)C1CCCN(C(C)c2nc(CCl)cs2)CC1. The third kappa shape index (κ3) is 3.93. The van der Waals surface area contributed by atoms with Gasteiger partial charge in [0, 0.05) is 5.38 Å². The summed E-state index contributed by atoms with van der Waals surface area (Å²) in [6, 6.07) is 0.438. The Morgan fingerprint density at radius 2 is 2.16 bits per heavy atom. The largest absolute Gasteiger partial charge is 0.294 e.